The highest BCUT2D eigenvalue weighted by atomic mass is 32.1. The summed E-state index contributed by atoms with van der Waals surface area (Å²) in [5.74, 6) is 0.856. The fourth-order valence-electron chi connectivity index (χ4n) is 3.14. The molecule has 0 bridgehead atoms. The van der Waals surface area contributed by atoms with E-state index in [4.69, 9.17) is 0 Å². The van der Waals surface area contributed by atoms with E-state index < -0.39 is 0 Å². The highest BCUT2D eigenvalue weighted by molar-refractivity contribution is 7.08. The van der Waals surface area contributed by atoms with Gasteiger partial charge in [-0.05, 0) is 52.3 Å². The molecule has 1 saturated carbocycles. The van der Waals surface area contributed by atoms with Crippen LogP contribution in [0, 0.1) is 5.92 Å². The molecule has 1 N–H and O–H groups in total. The SMILES string of the molecule is CC(CNC(=O)C1CCCC1)c1ccc(-c2ccsc2)cc1. The lowest BCUT2D eigenvalue weighted by atomic mass is 9.98. The molecule has 116 valence electrons. The summed E-state index contributed by atoms with van der Waals surface area (Å²) in [6.45, 7) is 2.90. The monoisotopic (exact) mass is 313 g/mol. The molecule has 1 atom stereocenters. The largest absolute Gasteiger partial charge is 0.355 e. The third-order valence-electron chi connectivity index (χ3n) is 4.64. The van der Waals surface area contributed by atoms with Gasteiger partial charge in [-0.3, -0.25) is 4.79 Å². The van der Waals surface area contributed by atoms with Gasteiger partial charge in [0.15, 0.2) is 0 Å². The van der Waals surface area contributed by atoms with Crippen molar-refractivity contribution in [1.82, 2.24) is 5.32 Å². The van der Waals surface area contributed by atoms with Gasteiger partial charge in [0.25, 0.3) is 0 Å². The predicted octanol–water partition coefficient (Wildman–Crippen LogP) is 4.83. The Morgan fingerprint density at radius 3 is 2.55 bits per heavy atom. The molecule has 3 rings (SSSR count). The molecule has 1 fully saturated rings. The van der Waals surface area contributed by atoms with Crippen molar-refractivity contribution in [3.05, 3.63) is 46.7 Å². The number of thiophene rings is 1. The van der Waals surface area contributed by atoms with Crippen LogP contribution in [0.2, 0.25) is 0 Å². The Bertz CT molecular complexity index is 597. The summed E-state index contributed by atoms with van der Waals surface area (Å²) in [6, 6.07) is 10.9. The summed E-state index contributed by atoms with van der Waals surface area (Å²) < 4.78 is 0. The number of carbonyl (C=O) groups is 1. The summed E-state index contributed by atoms with van der Waals surface area (Å²) in [7, 11) is 0. The first kappa shape index (κ1) is 15.3. The van der Waals surface area contributed by atoms with E-state index in [1.54, 1.807) is 11.3 Å². The quantitative estimate of drug-likeness (QED) is 0.842. The molecule has 1 aromatic carbocycles. The smallest absolute Gasteiger partial charge is 0.223 e. The number of amides is 1. The van der Waals surface area contributed by atoms with Gasteiger partial charge in [0.05, 0.1) is 0 Å². The van der Waals surface area contributed by atoms with Crippen molar-refractivity contribution in [1.29, 1.82) is 0 Å². The Morgan fingerprint density at radius 2 is 1.91 bits per heavy atom. The molecule has 0 aliphatic heterocycles. The van der Waals surface area contributed by atoms with Gasteiger partial charge < -0.3 is 5.32 Å². The van der Waals surface area contributed by atoms with Gasteiger partial charge in [0.1, 0.15) is 0 Å². The van der Waals surface area contributed by atoms with Gasteiger partial charge in [0.2, 0.25) is 5.91 Å². The van der Waals surface area contributed by atoms with E-state index >= 15 is 0 Å². The van der Waals surface area contributed by atoms with Crippen molar-refractivity contribution in [3.63, 3.8) is 0 Å². The van der Waals surface area contributed by atoms with Crippen molar-refractivity contribution >= 4 is 17.2 Å². The zero-order valence-electron chi connectivity index (χ0n) is 13.0. The van der Waals surface area contributed by atoms with E-state index in [9.17, 15) is 4.79 Å². The van der Waals surface area contributed by atoms with E-state index in [1.807, 2.05) is 0 Å². The van der Waals surface area contributed by atoms with Crippen LogP contribution in [0.15, 0.2) is 41.1 Å². The minimum absolute atomic E-state index is 0.249. The average molecular weight is 313 g/mol. The normalized spacial score (nSPS) is 16.6. The van der Waals surface area contributed by atoms with E-state index in [-0.39, 0.29) is 11.8 Å². The molecule has 0 spiro atoms. The topological polar surface area (TPSA) is 29.1 Å². The molecule has 1 heterocycles. The van der Waals surface area contributed by atoms with Crippen molar-refractivity contribution in [2.24, 2.45) is 5.92 Å². The molecule has 0 radical (unpaired) electrons. The maximum atomic E-state index is 12.1. The van der Waals surface area contributed by atoms with Crippen molar-refractivity contribution < 1.29 is 4.79 Å². The Morgan fingerprint density at radius 1 is 1.18 bits per heavy atom. The maximum absolute atomic E-state index is 12.1. The summed E-state index contributed by atoms with van der Waals surface area (Å²) in [6.07, 6.45) is 4.54. The lowest BCUT2D eigenvalue weighted by molar-refractivity contribution is -0.124. The maximum Gasteiger partial charge on any atom is 0.223 e. The van der Waals surface area contributed by atoms with Gasteiger partial charge >= 0.3 is 0 Å². The molecule has 1 aliphatic carbocycles. The number of hydrogen-bond acceptors (Lipinski definition) is 2. The summed E-state index contributed by atoms with van der Waals surface area (Å²) in [5.41, 5.74) is 3.82. The first-order chi connectivity index (χ1) is 10.7. The number of carbonyl (C=O) groups excluding carboxylic acids is 1. The van der Waals surface area contributed by atoms with E-state index in [2.05, 4.69) is 53.3 Å². The van der Waals surface area contributed by atoms with Gasteiger partial charge in [-0.25, -0.2) is 0 Å². The van der Waals surface area contributed by atoms with Crippen LogP contribution in [0.25, 0.3) is 11.1 Å². The standard InChI is InChI=1S/C19H23NOS/c1-14(12-20-19(21)17-4-2-3-5-17)15-6-8-16(9-7-15)18-10-11-22-13-18/h6-11,13-14,17H,2-5,12H2,1H3,(H,20,21). The van der Waals surface area contributed by atoms with Crippen LogP contribution in [0.4, 0.5) is 0 Å². The van der Waals surface area contributed by atoms with Crippen LogP contribution >= 0.6 is 11.3 Å². The van der Waals surface area contributed by atoms with Gasteiger partial charge in [0, 0.05) is 12.5 Å². The average Bonchev–Trinajstić information content (AvgIpc) is 3.25. The zero-order chi connectivity index (χ0) is 15.4. The fourth-order valence-corrected chi connectivity index (χ4v) is 3.80. The lowest BCUT2D eigenvalue weighted by Gasteiger charge is -2.16. The molecule has 0 saturated heterocycles. The molecule has 3 heteroatoms. The van der Waals surface area contributed by atoms with Gasteiger partial charge in [-0.1, -0.05) is 44.0 Å². The third kappa shape index (κ3) is 3.58. The predicted molar refractivity (Wildman–Crippen MR) is 93.1 cm³/mol. The summed E-state index contributed by atoms with van der Waals surface area (Å²) >= 11 is 1.72. The molecule has 1 amide bonds. The molecular formula is C19H23NOS. The molecule has 2 nitrogen and oxygen atoms in total. The highest BCUT2D eigenvalue weighted by Crippen LogP contribution is 2.26. The summed E-state index contributed by atoms with van der Waals surface area (Å²) in [5, 5.41) is 7.40. The zero-order valence-corrected chi connectivity index (χ0v) is 13.9. The second-order valence-corrected chi connectivity index (χ2v) is 7.04. The van der Waals surface area contributed by atoms with Crippen LogP contribution in [-0.2, 0) is 4.79 Å². The Labute approximate surface area is 136 Å². The third-order valence-corrected chi connectivity index (χ3v) is 5.33. The molecular weight excluding hydrogens is 290 g/mol. The summed E-state index contributed by atoms with van der Waals surface area (Å²) in [4.78, 5) is 12.1. The molecule has 2 aromatic rings. The first-order valence-electron chi connectivity index (χ1n) is 8.14. The van der Waals surface area contributed by atoms with E-state index in [0.29, 0.717) is 5.92 Å². The molecule has 1 aliphatic rings. The van der Waals surface area contributed by atoms with E-state index in [1.165, 1.54) is 29.5 Å². The second-order valence-electron chi connectivity index (χ2n) is 6.26. The Kier molecular flexibility index (Phi) is 4.94. The second kappa shape index (κ2) is 7.10. The molecule has 1 aromatic heterocycles. The number of nitrogens with one attached hydrogen (secondary N) is 1. The van der Waals surface area contributed by atoms with Crippen LogP contribution in [0.3, 0.4) is 0 Å². The van der Waals surface area contributed by atoms with E-state index in [0.717, 1.165) is 19.4 Å². The molecule has 1 unspecified atom stereocenters. The number of hydrogen-bond donors (Lipinski definition) is 1. The first-order valence-corrected chi connectivity index (χ1v) is 9.08. The number of benzene rings is 1. The number of rotatable bonds is 5. The lowest BCUT2D eigenvalue weighted by Crippen LogP contribution is -2.32. The Hall–Kier alpha value is -1.61. The van der Waals surface area contributed by atoms with Crippen LogP contribution in [0.5, 0.6) is 0 Å². The van der Waals surface area contributed by atoms with Crippen molar-refractivity contribution in [2.75, 3.05) is 6.54 Å². The van der Waals surface area contributed by atoms with Gasteiger partial charge in [-0.15, -0.1) is 0 Å². The van der Waals surface area contributed by atoms with Crippen LogP contribution in [0.1, 0.15) is 44.1 Å². The van der Waals surface area contributed by atoms with Crippen molar-refractivity contribution in [3.8, 4) is 11.1 Å². The minimum Gasteiger partial charge on any atom is -0.355 e. The van der Waals surface area contributed by atoms with Crippen LogP contribution in [-0.4, -0.2) is 12.5 Å². The molecule has 22 heavy (non-hydrogen) atoms. The van der Waals surface area contributed by atoms with Crippen molar-refractivity contribution in [2.45, 2.75) is 38.5 Å². The van der Waals surface area contributed by atoms with Gasteiger partial charge in [-0.2, -0.15) is 11.3 Å². The minimum atomic E-state index is 0.249. The Balaban J connectivity index is 1.55. The van der Waals surface area contributed by atoms with Crippen LogP contribution < -0.4 is 5.32 Å². The highest BCUT2D eigenvalue weighted by Gasteiger charge is 2.22. The fraction of sp³-hybridized carbons (Fsp3) is 0.421.